The molecule has 1 aliphatic rings. The molecule has 0 radical (unpaired) electrons. The monoisotopic (exact) mass is 212 g/mol. The highest BCUT2D eigenvalue weighted by atomic mass is 32.1. The van der Waals surface area contributed by atoms with Crippen LogP contribution < -0.4 is 5.73 Å². The van der Waals surface area contributed by atoms with Crippen molar-refractivity contribution < 1.29 is 9.53 Å². The van der Waals surface area contributed by atoms with Crippen molar-refractivity contribution in [3.8, 4) is 0 Å². The van der Waals surface area contributed by atoms with Crippen LogP contribution in [-0.2, 0) is 10.3 Å². The van der Waals surface area contributed by atoms with E-state index in [2.05, 4.69) is 4.98 Å². The quantitative estimate of drug-likeness (QED) is 0.820. The van der Waals surface area contributed by atoms with Gasteiger partial charge in [-0.05, 0) is 19.3 Å². The molecule has 76 valence electrons. The molecule has 0 saturated heterocycles. The van der Waals surface area contributed by atoms with Crippen LogP contribution in [0, 0.1) is 0 Å². The minimum Gasteiger partial charge on any atom is -0.371 e. The van der Waals surface area contributed by atoms with Crippen LogP contribution in [0.4, 0.5) is 0 Å². The molecular weight excluding hydrogens is 200 g/mol. The molecular formula is C9H12N2O2S. The summed E-state index contributed by atoms with van der Waals surface area (Å²) < 4.78 is 5.45. The van der Waals surface area contributed by atoms with E-state index >= 15 is 0 Å². The summed E-state index contributed by atoms with van der Waals surface area (Å²) in [4.78, 5) is 15.6. The Kier molecular flexibility index (Phi) is 2.28. The number of hydrogen-bond acceptors (Lipinski definition) is 4. The summed E-state index contributed by atoms with van der Waals surface area (Å²) in [5, 5.41) is 0.875. The predicted octanol–water partition coefficient (Wildman–Crippen LogP) is 1.27. The number of aromatic nitrogens is 1. The van der Waals surface area contributed by atoms with Crippen molar-refractivity contribution in [2.24, 2.45) is 5.73 Å². The van der Waals surface area contributed by atoms with Crippen molar-refractivity contribution in [2.75, 3.05) is 7.11 Å². The molecule has 0 atom stereocenters. The molecule has 2 N–H and O–H groups in total. The molecule has 0 unspecified atom stereocenters. The first-order chi connectivity index (χ1) is 6.68. The number of rotatable bonds is 3. The Morgan fingerprint density at radius 1 is 1.71 bits per heavy atom. The van der Waals surface area contributed by atoms with Crippen LogP contribution >= 0.6 is 11.3 Å². The molecule has 0 spiro atoms. The van der Waals surface area contributed by atoms with Gasteiger partial charge in [0, 0.05) is 7.11 Å². The second-order valence-corrected chi connectivity index (χ2v) is 4.48. The van der Waals surface area contributed by atoms with Gasteiger partial charge >= 0.3 is 0 Å². The fourth-order valence-corrected chi connectivity index (χ4v) is 2.60. The van der Waals surface area contributed by atoms with Gasteiger partial charge in [-0.3, -0.25) is 4.79 Å². The van der Waals surface area contributed by atoms with Crippen molar-refractivity contribution in [3.63, 3.8) is 0 Å². The third-order valence-corrected chi connectivity index (χ3v) is 3.89. The second kappa shape index (κ2) is 3.33. The maximum Gasteiger partial charge on any atom is 0.260 e. The fourth-order valence-electron chi connectivity index (χ4n) is 1.60. The highest BCUT2D eigenvalue weighted by Crippen LogP contribution is 2.45. The lowest BCUT2D eigenvalue weighted by atomic mass is 9.80. The first-order valence-electron chi connectivity index (χ1n) is 4.49. The number of amides is 1. The summed E-state index contributed by atoms with van der Waals surface area (Å²) in [5.41, 5.74) is 4.92. The standard InChI is InChI=1S/C9H12N2O2S/c1-13-9(3-2-4-9)8-11-5-6(14-8)7(10)12/h5H,2-4H2,1H3,(H2,10,12). The van der Waals surface area contributed by atoms with Gasteiger partial charge in [-0.25, -0.2) is 4.98 Å². The minimum atomic E-state index is -0.417. The van der Waals surface area contributed by atoms with Gasteiger partial charge in [0.15, 0.2) is 0 Å². The molecule has 1 aromatic rings. The Balaban J connectivity index is 2.27. The zero-order chi connectivity index (χ0) is 10.2. The topological polar surface area (TPSA) is 65.2 Å². The van der Waals surface area contributed by atoms with Crippen LogP contribution in [0.25, 0.3) is 0 Å². The van der Waals surface area contributed by atoms with E-state index in [-0.39, 0.29) is 5.60 Å². The molecule has 2 rings (SSSR count). The molecule has 0 aliphatic heterocycles. The van der Waals surface area contributed by atoms with Gasteiger partial charge < -0.3 is 10.5 Å². The number of hydrogen-bond donors (Lipinski definition) is 1. The highest BCUT2D eigenvalue weighted by Gasteiger charge is 2.41. The Hall–Kier alpha value is -0.940. The van der Waals surface area contributed by atoms with E-state index in [1.807, 2.05) is 0 Å². The fraction of sp³-hybridized carbons (Fsp3) is 0.556. The molecule has 0 aromatic carbocycles. The summed E-state index contributed by atoms with van der Waals surface area (Å²) >= 11 is 1.34. The first kappa shape index (κ1) is 9.61. The van der Waals surface area contributed by atoms with Gasteiger partial charge in [0.2, 0.25) is 0 Å². The van der Waals surface area contributed by atoms with E-state index in [0.717, 1.165) is 24.3 Å². The zero-order valence-electron chi connectivity index (χ0n) is 7.95. The molecule has 1 heterocycles. The van der Waals surface area contributed by atoms with E-state index < -0.39 is 5.91 Å². The first-order valence-corrected chi connectivity index (χ1v) is 5.31. The minimum absolute atomic E-state index is 0.238. The summed E-state index contributed by atoms with van der Waals surface area (Å²) in [6.45, 7) is 0. The Morgan fingerprint density at radius 3 is 2.79 bits per heavy atom. The van der Waals surface area contributed by atoms with Crippen molar-refractivity contribution in [1.29, 1.82) is 0 Å². The zero-order valence-corrected chi connectivity index (χ0v) is 8.76. The maximum absolute atomic E-state index is 10.9. The summed E-state index contributed by atoms with van der Waals surface area (Å²) in [5.74, 6) is -0.417. The summed E-state index contributed by atoms with van der Waals surface area (Å²) in [6.07, 6.45) is 4.64. The Labute approximate surface area is 86.1 Å². The number of carbonyl (C=O) groups excluding carboxylic acids is 1. The van der Waals surface area contributed by atoms with E-state index in [9.17, 15) is 4.79 Å². The van der Waals surface area contributed by atoms with Crippen molar-refractivity contribution in [2.45, 2.75) is 24.9 Å². The lowest BCUT2D eigenvalue weighted by Crippen LogP contribution is -2.35. The van der Waals surface area contributed by atoms with Crippen LogP contribution in [0.5, 0.6) is 0 Å². The van der Waals surface area contributed by atoms with E-state index in [4.69, 9.17) is 10.5 Å². The van der Waals surface area contributed by atoms with E-state index in [0.29, 0.717) is 4.88 Å². The van der Waals surface area contributed by atoms with Crippen LogP contribution in [0.2, 0.25) is 0 Å². The average Bonchev–Trinajstić information content (AvgIpc) is 2.52. The third kappa shape index (κ3) is 1.33. The van der Waals surface area contributed by atoms with E-state index in [1.54, 1.807) is 7.11 Å². The normalized spacial score (nSPS) is 18.9. The SMILES string of the molecule is COC1(c2ncc(C(N)=O)s2)CCC1. The number of nitrogens with zero attached hydrogens (tertiary/aromatic N) is 1. The number of primary amides is 1. The van der Waals surface area contributed by atoms with Gasteiger partial charge in [0.1, 0.15) is 15.5 Å². The van der Waals surface area contributed by atoms with Crippen LogP contribution in [-0.4, -0.2) is 18.0 Å². The Bertz CT molecular complexity index is 352. The van der Waals surface area contributed by atoms with Gasteiger partial charge in [0.05, 0.1) is 6.20 Å². The third-order valence-electron chi connectivity index (χ3n) is 2.69. The van der Waals surface area contributed by atoms with Crippen LogP contribution in [0.3, 0.4) is 0 Å². The molecule has 5 heteroatoms. The molecule has 0 bridgehead atoms. The van der Waals surface area contributed by atoms with Gasteiger partial charge in [0.25, 0.3) is 5.91 Å². The lowest BCUT2D eigenvalue weighted by Gasteiger charge is -2.38. The highest BCUT2D eigenvalue weighted by molar-refractivity contribution is 7.13. The van der Waals surface area contributed by atoms with Gasteiger partial charge in [-0.15, -0.1) is 11.3 Å². The second-order valence-electron chi connectivity index (χ2n) is 3.45. The molecule has 1 amide bonds. The van der Waals surface area contributed by atoms with E-state index in [1.165, 1.54) is 17.5 Å². The molecule has 1 aliphatic carbocycles. The number of ether oxygens (including phenoxy) is 1. The van der Waals surface area contributed by atoms with Crippen molar-refractivity contribution in [1.82, 2.24) is 4.98 Å². The number of carbonyl (C=O) groups is 1. The van der Waals surface area contributed by atoms with Crippen LogP contribution in [0.15, 0.2) is 6.20 Å². The summed E-state index contributed by atoms with van der Waals surface area (Å²) in [6, 6.07) is 0. The molecule has 1 saturated carbocycles. The smallest absolute Gasteiger partial charge is 0.260 e. The predicted molar refractivity (Wildman–Crippen MR) is 53.2 cm³/mol. The van der Waals surface area contributed by atoms with Gasteiger partial charge in [-0.1, -0.05) is 0 Å². The van der Waals surface area contributed by atoms with Crippen LogP contribution in [0.1, 0.15) is 33.9 Å². The maximum atomic E-state index is 10.9. The number of thiazole rings is 1. The van der Waals surface area contributed by atoms with Crippen molar-refractivity contribution in [3.05, 3.63) is 16.1 Å². The molecule has 14 heavy (non-hydrogen) atoms. The van der Waals surface area contributed by atoms with Gasteiger partial charge in [-0.2, -0.15) is 0 Å². The number of methoxy groups -OCH3 is 1. The Morgan fingerprint density at radius 2 is 2.43 bits per heavy atom. The number of nitrogens with two attached hydrogens (primary N) is 1. The molecule has 1 fully saturated rings. The largest absolute Gasteiger partial charge is 0.371 e. The molecule has 1 aromatic heterocycles. The summed E-state index contributed by atoms with van der Waals surface area (Å²) in [7, 11) is 1.69. The lowest BCUT2D eigenvalue weighted by molar-refractivity contribution is -0.0779. The molecule has 4 nitrogen and oxygen atoms in total. The van der Waals surface area contributed by atoms with Crippen molar-refractivity contribution >= 4 is 17.2 Å². The average molecular weight is 212 g/mol.